The van der Waals surface area contributed by atoms with Crippen molar-refractivity contribution in [3.05, 3.63) is 41.1 Å². The van der Waals surface area contributed by atoms with Gasteiger partial charge in [-0.05, 0) is 62.8 Å². The highest BCUT2D eigenvalue weighted by Gasteiger charge is 2.33. The third-order valence-corrected chi connectivity index (χ3v) is 4.88. The van der Waals surface area contributed by atoms with Gasteiger partial charge in [-0.1, -0.05) is 13.0 Å². The minimum atomic E-state index is -0.193. The number of benzene rings is 1. The first kappa shape index (κ1) is 15.9. The molecule has 1 fully saturated rings. The molecule has 4 nitrogen and oxygen atoms in total. The Balaban J connectivity index is 1.80. The van der Waals surface area contributed by atoms with Gasteiger partial charge in [-0.3, -0.25) is 9.78 Å². The van der Waals surface area contributed by atoms with Gasteiger partial charge in [0, 0.05) is 22.7 Å². The minimum absolute atomic E-state index is 0.0545. The maximum absolute atomic E-state index is 12.6. The van der Waals surface area contributed by atoms with E-state index in [2.05, 4.69) is 30.2 Å². The van der Waals surface area contributed by atoms with Crippen LogP contribution >= 0.6 is 0 Å². The fraction of sp³-hybridized carbons (Fsp3) is 0.474. The van der Waals surface area contributed by atoms with Gasteiger partial charge in [0.25, 0.3) is 5.91 Å². The molecular weight excluding hydrogens is 288 g/mol. The van der Waals surface area contributed by atoms with Crippen LogP contribution in [0.25, 0.3) is 10.9 Å². The fourth-order valence-electron chi connectivity index (χ4n) is 3.48. The predicted molar refractivity (Wildman–Crippen MR) is 91.5 cm³/mol. The first-order chi connectivity index (χ1) is 11.0. The van der Waals surface area contributed by atoms with Gasteiger partial charge in [0.15, 0.2) is 0 Å². The molecule has 2 N–H and O–H groups in total. The van der Waals surface area contributed by atoms with Crippen molar-refractivity contribution in [3.63, 3.8) is 0 Å². The molecule has 1 heterocycles. The molecule has 4 heteroatoms. The molecule has 1 amide bonds. The Bertz CT molecular complexity index is 735. The second-order valence-electron chi connectivity index (χ2n) is 6.69. The Kier molecular flexibility index (Phi) is 4.35. The zero-order valence-corrected chi connectivity index (χ0v) is 14.0. The number of rotatable bonds is 4. The zero-order chi connectivity index (χ0) is 16.6. The first-order valence-electron chi connectivity index (χ1n) is 8.35. The molecule has 1 aliphatic carbocycles. The van der Waals surface area contributed by atoms with Crippen LogP contribution in [0.2, 0.25) is 0 Å². The molecular formula is C19H24N2O2. The smallest absolute Gasteiger partial charge is 0.251 e. The molecule has 0 bridgehead atoms. The standard InChI is InChI=1S/C19H24N2O2/c1-4-17(14-8-15(22)9-14)21-19(23)13-5-6-16-11(2)7-12(3)20-18(16)10-13/h5-7,10,14-15,17,22H,4,8-9H2,1-3H3,(H,21,23). The third-order valence-electron chi connectivity index (χ3n) is 4.88. The lowest BCUT2D eigenvalue weighted by atomic mass is 9.76. The maximum Gasteiger partial charge on any atom is 0.251 e. The number of nitrogens with zero attached hydrogens (tertiary/aromatic N) is 1. The number of aryl methyl sites for hydroxylation is 2. The molecule has 2 aromatic rings. The van der Waals surface area contributed by atoms with Gasteiger partial charge in [0.05, 0.1) is 11.6 Å². The van der Waals surface area contributed by atoms with Gasteiger partial charge in [0.2, 0.25) is 0 Å². The van der Waals surface area contributed by atoms with E-state index < -0.39 is 0 Å². The van der Waals surface area contributed by atoms with Crippen molar-refractivity contribution in [1.82, 2.24) is 10.3 Å². The van der Waals surface area contributed by atoms with Crippen LogP contribution in [-0.2, 0) is 0 Å². The van der Waals surface area contributed by atoms with E-state index in [1.807, 2.05) is 25.1 Å². The van der Waals surface area contributed by atoms with E-state index in [0.717, 1.165) is 35.9 Å². The Morgan fingerprint density at radius 3 is 2.74 bits per heavy atom. The summed E-state index contributed by atoms with van der Waals surface area (Å²) in [5, 5.41) is 13.7. The highest BCUT2D eigenvalue weighted by Crippen LogP contribution is 2.31. The van der Waals surface area contributed by atoms with Crippen molar-refractivity contribution in [2.45, 2.75) is 52.2 Å². The van der Waals surface area contributed by atoms with Crippen LogP contribution in [0.15, 0.2) is 24.3 Å². The molecule has 0 radical (unpaired) electrons. The van der Waals surface area contributed by atoms with Crippen LogP contribution in [0, 0.1) is 19.8 Å². The van der Waals surface area contributed by atoms with Gasteiger partial charge >= 0.3 is 0 Å². The molecule has 1 aliphatic rings. The minimum Gasteiger partial charge on any atom is -0.393 e. The molecule has 1 unspecified atom stereocenters. The van der Waals surface area contributed by atoms with E-state index in [-0.39, 0.29) is 18.1 Å². The number of aromatic nitrogens is 1. The van der Waals surface area contributed by atoms with Crippen LogP contribution in [0.4, 0.5) is 0 Å². The van der Waals surface area contributed by atoms with Crippen LogP contribution in [0.5, 0.6) is 0 Å². The van der Waals surface area contributed by atoms with Crippen LogP contribution in [0.3, 0.4) is 0 Å². The van der Waals surface area contributed by atoms with E-state index in [9.17, 15) is 9.90 Å². The molecule has 1 saturated carbocycles. The summed E-state index contributed by atoms with van der Waals surface area (Å²) >= 11 is 0. The number of fused-ring (bicyclic) bond motifs is 1. The second-order valence-corrected chi connectivity index (χ2v) is 6.69. The van der Waals surface area contributed by atoms with E-state index in [0.29, 0.717) is 11.5 Å². The summed E-state index contributed by atoms with van der Waals surface area (Å²) in [4.78, 5) is 17.1. The number of amides is 1. The molecule has 0 saturated heterocycles. The molecule has 1 aromatic heterocycles. The number of nitrogens with one attached hydrogen (secondary N) is 1. The Hall–Kier alpha value is -1.94. The number of carbonyl (C=O) groups is 1. The number of aliphatic hydroxyl groups excluding tert-OH is 1. The summed E-state index contributed by atoms with van der Waals surface area (Å²) in [6, 6.07) is 7.89. The van der Waals surface area contributed by atoms with Crippen molar-refractivity contribution >= 4 is 16.8 Å². The number of hydrogen-bond donors (Lipinski definition) is 2. The number of pyridine rings is 1. The Morgan fingerprint density at radius 1 is 1.35 bits per heavy atom. The van der Waals surface area contributed by atoms with Crippen molar-refractivity contribution in [3.8, 4) is 0 Å². The highest BCUT2D eigenvalue weighted by atomic mass is 16.3. The Morgan fingerprint density at radius 2 is 2.09 bits per heavy atom. The predicted octanol–water partition coefficient (Wildman–Crippen LogP) is 3.13. The number of carbonyl (C=O) groups excluding carboxylic acids is 1. The summed E-state index contributed by atoms with van der Waals surface area (Å²) in [6.07, 6.45) is 2.27. The average molecular weight is 312 g/mol. The van der Waals surface area contributed by atoms with Crippen molar-refractivity contribution in [2.75, 3.05) is 0 Å². The summed E-state index contributed by atoms with van der Waals surface area (Å²) in [5.41, 5.74) is 3.65. The second kappa shape index (κ2) is 6.28. The van der Waals surface area contributed by atoms with Crippen LogP contribution < -0.4 is 5.32 Å². The molecule has 1 atom stereocenters. The maximum atomic E-state index is 12.6. The first-order valence-corrected chi connectivity index (χ1v) is 8.35. The number of aliphatic hydroxyl groups is 1. The van der Waals surface area contributed by atoms with Gasteiger partial charge < -0.3 is 10.4 Å². The zero-order valence-electron chi connectivity index (χ0n) is 14.0. The summed E-state index contributed by atoms with van der Waals surface area (Å²) < 4.78 is 0. The molecule has 1 aromatic carbocycles. The van der Waals surface area contributed by atoms with Gasteiger partial charge in [-0.15, -0.1) is 0 Å². The monoisotopic (exact) mass is 312 g/mol. The highest BCUT2D eigenvalue weighted by molar-refractivity contribution is 5.98. The van der Waals surface area contributed by atoms with Gasteiger partial charge in [0.1, 0.15) is 0 Å². The van der Waals surface area contributed by atoms with E-state index in [1.165, 1.54) is 5.56 Å². The molecule has 3 rings (SSSR count). The SMILES string of the molecule is CCC(NC(=O)c1ccc2c(C)cc(C)nc2c1)C1CC(O)C1. The van der Waals surface area contributed by atoms with Gasteiger partial charge in [-0.2, -0.15) is 0 Å². The summed E-state index contributed by atoms with van der Waals surface area (Å²) in [6.45, 7) is 6.10. The van der Waals surface area contributed by atoms with Crippen molar-refractivity contribution < 1.29 is 9.90 Å². The fourth-order valence-corrected chi connectivity index (χ4v) is 3.48. The normalized spacial score (nSPS) is 21.7. The Labute approximate surface area is 136 Å². The van der Waals surface area contributed by atoms with Crippen LogP contribution in [-0.4, -0.2) is 28.1 Å². The number of hydrogen-bond acceptors (Lipinski definition) is 3. The molecule has 23 heavy (non-hydrogen) atoms. The lowest BCUT2D eigenvalue weighted by Crippen LogP contribution is -2.46. The molecule has 0 aliphatic heterocycles. The van der Waals surface area contributed by atoms with E-state index in [1.54, 1.807) is 0 Å². The quantitative estimate of drug-likeness (QED) is 0.912. The van der Waals surface area contributed by atoms with Crippen molar-refractivity contribution in [2.24, 2.45) is 5.92 Å². The van der Waals surface area contributed by atoms with E-state index in [4.69, 9.17) is 0 Å². The lowest BCUT2D eigenvalue weighted by molar-refractivity contribution is 0.0232. The van der Waals surface area contributed by atoms with E-state index >= 15 is 0 Å². The largest absolute Gasteiger partial charge is 0.393 e. The summed E-state index contributed by atoms with van der Waals surface area (Å²) in [7, 11) is 0. The van der Waals surface area contributed by atoms with Crippen LogP contribution in [0.1, 0.15) is 47.8 Å². The van der Waals surface area contributed by atoms with Crippen molar-refractivity contribution in [1.29, 1.82) is 0 Å². The summed E-state index contributed by atoms with van der Waals surface area (Å²) in [5.74, 6) is 0.336. The van der Waals surface area contributed by atoms with Gasteiger partial charge in [-0.25, -0.2) is 0 Å². The average Bonchev–Trinajstić information content (AvgIpc) is 2.48. The molecule has 122 valence electrons. The molecule has 0 spiro atoms. The topological polar surface area (TPSA) is 62.2 Å². The lowest BCUT2D eigenvalue weighted by Gasteiger charge is -2.37. The third kappa shape index (κ3) is 3.22.